The third kappa shape index (κ3) is 5.10. The Labute approximate surface area is 137 Å². The molecule has 0 aliphatic carbocycles. The average molecular weight is 322 g/mol. The second-order valence-electron chi connectivity index (χ2n) is 6.16. The third-order valence-corrected chi connectivity index (χ3v) is 4.31. The van der Waals surface area contributed by atoms with Crippen molar-refractivity contribution in [3.8, 4) is 0 Å². The van der Waals surface area contributed by atoms with Gasteiger partial charge < -0.3 is 19.5 Å². The molecule has 2 aliphatic rings. The van der Waals surface area contributed by atoms with Gasteiger partial charge in [0.05, 0.1) is 25.4 Å². The summed E-state index contributed by atoms with van der Waals surface area (Å²) in [7, 11) is 0. The van der Waals surface area contributed by atoms with Crippen LogP contribution >= 0.6 is 0 Å². The average Bonchev–Trinajstić information content (AvgIpc) is 3.10. The zero-order chi connectivity index (χ0) is 15.9. The molecule has 0 amide bonds. The van der Waals surface area contributed by atoms with E-state index in [2.05, 4.69) is 19.8 Å². The zero-order valence-electron chi connectivity index (χ0n) is 13.5. The lowest BCUT2D eigenvalue weighted by atomic mass is 10.2. The van der Waals surface area contributed by atoms with Gasteiger partial charge in [0, 0.05) is 51.7 Å². The number of aliphatic hydroxyl groups is 1. The number of piperazine rings is 1. The highest BCUT2D eigenvalue weighted by Gasteiger charge is 2.21. The first-order valence-corrected chi connectivity index (χ1v) is 8.43. The molecule has 3 heterocycles. The van der Waals surface area contributed by atoms with E-state index in [-0.39, 0.29) is 6.10 Å². The number of anilines is 1. The van der Waals surface area contributed by atoms with E-state index in [1.54, 1.807) is 12.4 Å². The summed E-state index contributed by atoms with van der Waals surface area (Å²) in [5.74, 6) is 0.785. The van der Waals surface area contributed by atoms with Crippen molar-refractivity contribution in [3.05, 3.63) is 18.5 Å². The lowest BCUT2D eigenvalue weighted by molar-refractivity contribution is -0.0254. The quantitative estimate of drug-likeness (QED) is 0.766. The fraction of sp³-hybridized carbons (Fsp3) is 0.750. The van der Waals surface area contributed by atoms with Crippen molar-refractivity contribution in [2.24, 2.45) is 0 Å². The first kappa shape index (κ1) is 16.6. The predicted molar refractivity (Wildman–Crippen MR) is 86.5 cm³/mol. The monoisotopic (exact) mass is 322 g/mol. The third-order valence-electron chi connectivity index (χ3n) is 4.31. The Kier molecular flexibility index (Phi) is 6.15. The molecule has 2 aliphatic heterocycles. The number of nitrogens with zero attached hydrogens (tertiary/aromatic N) is 4. The lowest BCUT2D eigenvalue weighted by Gasteiger charge is -2.35. The van der Waals surface area contributed by atoms with Gasteiger partial charge >= 0.3 is 0 Å². The Morgan fingerprint density at radius 2 is 2.04 bits per heavy atom. The van der Waals surface area contributed by atoms with Gasteiger partial charge in [0.1, 0.15) is 0 Å². The van der Waals surface area contributed by atoms with E-state index in [1.165, 1.54) is 0 Å². The topological polar surface area (TPSA) is 71.0 Å². The van der Waals surface area contributed by atoms with E-state index in [4.69, 9.17) is 9.47 Å². The molecule has 128 valence electrons. The summed E-state index contributed by atoms with van der Waals surface area (Å²) in [6, 6.07) is 1.83. The number of hydrogen-bond acceptors (Lipinski definition) is 7. The van der Waals surface area contributed by atoms with Crippen LogP contribution < -0.4 is 4.90 Å². The van der Waals surface area contributed by atoms with Crippen LogP contribution in [0.25, 0.3) is 0 Å². The van der Waals surface area contributed by atoms with Crippen LogP contribution in [0.3, 0.4) is 0 Å². The highest BCUT2D eigenvalue weighted by atomic mass is 16.5. The van der Waals surface area contributed by atoms with Crippen LogP contribution in [0.1, 0.15) is 12.8 Å². The molecule has 23 heavy (non-hydrogen) atoms. The molecule has 1 N–H and O–H groups in total. The normalized spacial score (nSPS) is 24.0. The van der Waals surface area contributed by atoms with Crippen molar-refractivity contribution in [2.45, 2.75) is 25.0 Å². The molecule has 0 spiro atoms. The zero-order valence-corrected chi connectivity index (χ0v) is 13.5. The molecule has 3 rings (SSSR count). The van der Waals surface area contributed by atoms with Crippen molar-refractivity contribution < 1.29 is 14.6 Å². The van der Waals surface area contributed by atoms with Crippen molar-refractivity contribution in [2.75, 3.05) is 57.4 Å². The lowest BCUT2D eigenvalue weighted by Crippen LogP contribution is -2.49. The minimum Gasteiger partial charge on any atom is -0.389 e. The molecule has 2 atom stereocenters. The molecule has 1 aromatic rings. The van der Waals surface area contributed by atoms with Gasteiger partial charge in [-0.3, -0.25) is 4.90 Å². The van der Waals surface area contributed by atoms with Crippen molar-refractivity contribution in [1.82, 2.24) is 14.9 Å². The number of β-amino-alcohol motifs (C(OH)–C–C–N with tert-alkyl or cyclic N) is 1. The fourth-order valence-corrected chi connectivity index (χ4v) is 3.05. The highest BCUT2D eigenvalue weighted by Crippen LogP contribution is 2.12. The SMILES string of the molecule is O[C@@H](COC[C@@H]1CCCO1)CN1CCN(c2ncccn2)CC1. The largest absolute Gasteiger partial charge is 0.389 e. The maximum absolute atomic E-state index is 10.1. The van der Waals surface area contributed by atoms with Crippen LogP contribution in [0, 0.1) is 0 Å². The smallest absolute Gasteiger partial charge is 0.225 e. The minimum atomic E-state index is -0.448. The first-order chi connectivity index (χ1) is 11.3. The molecule has 0 saturated carbocycles. The molecular formula is C16H26N4O3. The Morgan fingerprint density at radius 3 is 2.74 bits per heavy atom. The van der Waals surface area contributed by atoms with E-state index in [1.807, 2.05) is 6.07 Å². The molecule has 2 saturated heterocycles. The highest BCUT2D eigenvalue weighted by molar-refractivity contribution is 5.29. The van der Waals surface area contributed by atoms with Crippen LogP contribution in [0.4, 0.5) is 5.95 Å². The van der Waals surface area contributed by atoms with E-state index in [0.717, 1.165) is 51.6 Å². The summed E-state index contributed by atoms with van der Waals surface area (Å²) in [6.07, 6.45) is 5.49. The Bertz CT molecular complexity index is 448. The maximum atomic E-state index is 10.1. The second kappa shape index (κ2) is 8.54. The predicted octanol–water partition coefficient (Wildman–Crippen LogP) is 0.155. The molecule has 0 unspecified atom stereocenters. The summed E-state index contributed by atoms with van der Waals surface area (Å²) in [5, 5.41) is 10.1. The van der Waals surface area contributed by atoms with Crippen LogP contribution in [0.15, 0.2) is 18.5 Å². The van der Waals surface area contributed by atoms with Crippen molar-refractivity contribution >= 4 is 5.95 Å². The van der Waals surface area contributed by atoms with E-state index in [0.29, 0.717) is 19.8 Å². The van der Waals surface area contributed by atoms with Gasteiger partial charge in [-0.25, -0.2) is 9.97 Å². The minimum absolute atomic E-state index is 0.219. The summed E-state index contributed by atoms with van der Waals surface area (Å²) >= 11 is 0. The summed E-state index contributed by atoms with van der Waals surface area (Å²) in [4.78, 5) is 13.0. The fourth-order valence-electron chi connectivity index (χ4n) is 3.05. The standard InChI is InChI=1S/C16H26N4O3/c21-14(12-22-13-15-3-1-10-23-15)11-19-6-8-20(9-7-19)16-17-4-2-5-18-16/h2,4-5,14-15,21H,1,3,6-13H2/t14-,15+/m1/s1. The Morgan fingerprint density at radius 1 is 1.26 bits per heavy atom. The Balaban J connectivity index is 1.32. The van der Waals surface area contributed by atoms with Crippen molar-refractivity contribution in [3.63, 3.8) is 0 Å². The molecule has 1 aromatic heterocycles. The van der Waals surface area contributed by atoms with E-state index >= 15 is 0 Å². The van der Waals surface area contributed by atoms with Gasteiger partial charge in [-0.2, -0.15) is 0 Å². The summed E-state index contributed by atoms with van der Waals surface area (Å²) in [5.41, 5.74) is 0. The van der Waals surface area contributed by atoms with Gasteiger partial charge in [0.2, 0.25) is 5.95 Å². The van der Waals surface area contributed by atoms with E-state index < -0.39 is 6.10 Å². The van der Waals surface area contributed by atoms with Gasteiger partial charge in [0.25, 0.3) is 0 Å². The van der Waals surface area contributed by atoms with Crippen LogP contribution in [-0.4, -0.2) is 84.7 Å². The number of ether oxygens (including phenoxy) is 2. The molecular weight excluding hydrogens is 296 g/mol. The van der Waals surface area contributed by atoms with Crippen molar-refractivity contribution in [1.29, 1.82) is 0 Å². The number of rotatable bonds is 7. The van der Waals surface area contributed by atoms with Crippen LogP contribution in [-0.2, 0) is 9.47 Å². The maximum Gasteiger partial charge on any atom is 0.225 e. The van der Waals surface area contributed by atoms with Gasteiger partial charge in [-0.15, -0.1) is 0 Å². The number of hydrogen-bond donors (Lipinski definition) is 1. The van der Waals surface area contributed by atoms with E-state index in [9.17, 15) is 5.11 Å². The molecule has 7 heteroatoms. The number of aliphatic hydroxyl groups excluding tert-OH is 1. The van der Waals surface area contributed by atoms with Gasteiger partial charge in [-0.1, -0.05) is 0 Å². The van der Waals surface area contributed by atoms with Gasteiger partial charge in [0.15, 0.2) is 0 Å². The molecule has 0 aromatic carbocycles. The molecule has 7 nitrogen and oxygen atoms in total. The molecule has 0 bridgehead atoms. The number of aromatic nitrogens is 2. The van der Waals surface area contributed by atoms with Gasteiger partial charge in [-0.05, 0) is 18.9 Å². The molecule has 2 fully saturated rings. The Hall–Kier alpha value is -1.28. The summed E-state index contributed by atoms with van der Waals surface area (Å²) < 4.78 is 11.1. The summed E-state index contributed by atoms with van der Waals surface area (Å²) in [6.45, 7) is 6.03. The second-order valence-corrected chi connectivity index (χ2v) is 6.16. The van der Waals surface area contributed by atoms with Crippen LogP contribution in [0.2, 0.25) is 0 Å². The first-order valence-electron chi connectivity index (χ1n) is 8.43. The molecule has 0 radical (unpaired) electrons. The van der Waals surface area contributed by atoms with Crippen LogP contribution in [0.5, 0.6) is 0 Å².